The van der Waals surface area contributed by atoms with Crippen LogP contribution in [-0.2, 0) is 17.8 Å². The summed E-state index contributed by atoms with van der Waals surface area (Å²) in [6.07, 6.45) is 0.382. The number of fused-ring (bicyclic) bond motifs is 1. The van der Waals surface area contributed by atoms with Crippen LogP contribution in [0.25, 0.3) is 0 Å². The Kier molecular flexibility index (Phi) is 6.72. The topological polar surface area (TPSA) is 135 Å². The van der Waals surface area contributed by atoms with Crippen molar-refractivity contribution in [1.82, 2.24) is 14.9 Å². The number of hydrazine groups is 1. The lowest BCUT2D eigenvalue weighted by molar-refractivity contribution is -0.137. The Hall–Kier alpha value is -3.94. The van der Waals surface area contributed by atoms with Gasteiger partial charge in [-0.3, -0.25) is 14.4 Å². The van der Waals surface area contributed by atoms with Gasteiger partial charge in [-0.2, -0.15) is 0 Å². The van der Waals surface area contributed by atoms with E-state index >= 15 is 0 Å². The summed E-state index contributed by atoms with van der Waals surface area (Å²) in [4.78, 5) is 39.4. The van der Waals surface area contributed by atoms with Gasteiger partial charge in [0, 0.05) is 56.1 Å². The second kappa shape index (κ2) is 9.42. The number of hydrogen-bond acceptors (Lipinski definition) is 6. The number of alkyl halides is 2. The Morgan fingerprint density at radius 2 is 1.74 bits per heavy atom. The fourth-order valence-corrected chi connectivity index (χ4v) is 5.05. The standard InChI is InChI=1S/C24H25F5N6O3/c1-11-17(21(37)32-12-6-13(25)18(27)14(26)7-12)15-4-3-5-35(15)19(11)20(36)22(38)33-23(9-24(28,29)10-23)16(30)8-34(2)31/h6-8H,3-5,9-10,30-31H2,1-2H3,(H,32,37)(H,33,38)/b16-8-. The van der Waals surface area contributed by atoms with E-state index in [4.69, 9.17) is 11.6 Å². The number of ketones is 1. The highest BCUT2D eigenvalue weighted by molar-refractivity contribution is 6.43. The number of nitrogens with one attached hydrogen (secondary N) is 2. The predicted octanol–water partition coefficient (Wildman–Crippen LogP) is 2.48. The summed E-state index contributed by atoms with van der Waals surface area (Å²) >= 11 is 0. The molecule has 0 unspecified atom stereocenters. The van der Waals surface area contributed by atoms with Crippen molar-refractivity contribution >= 4 is 23.3 Å². The lowest BCUT2D eigenvalue weighted by Gasteiger charge is -2.47. The largest absolute Gasteiger partial charge is 0.399 e. The average Bonchev–Trinajstić information content (AvgIpc) is 3.34. The zero-order chi connectivity index (χ0) is 28.2. The number of amides is 2. The molecule has 0 atom stereocenters. The molecule has 0 radical (unpaired) electrons. The molecule has 1 saturated carbocycles. The van der Waals surface area contributed by atoms with Crippen molar-refractivity contribution in [2.75, 3.05) is 12.4 Å². The first-order valence-electron chi connectivity index (χ1n) is 11.5. The fourth-order valence-electron chi connectivity index (χ4n) is 5.05. The maximum atomic E-state index is 13.8. The quantitative estimate of drug-likeness (QED) is 0.106. The van der Waals surface area contributed by atoms with Gasteiger partial charge in [0.15, 0.2) is 17.5 Å². The van der Waals surface area contributed by atoms with Crippen molar-refractivity contribution in [2.24, 2.45) is 11.6 Å². The number of hydrogen-bond donors (Lipinski definition) is 4. The molecule has 2 amide bonds. The highest BCUT2D eigenvalue weighted by Crippen LogP contribution is 2.48. The molecule has 1 aromatic carbocycles. The number of carbonyl (C=O) groups excluding carboxylic acids is 3. The van der Waals surface area contributed by atoms with Crippen LogP contribution in [0.5, 0.6) is 0 Å². The van der Waals surface area contributed by atoms with Crippen molar-refractivity contribution < 1.29 is 36.3 Å². The number of anilines is 1. The van der Waals surface area contributed by atoms with Crippen molar-refractivity contribution in [2.45, 2.75) is 50.6 Å². The van der Waals surface area contributed by atoms with Crippen molar-refractivity contribution in [3.63, 3.8) is 0 Å². The summed E-state index contributed by atoms with van der Waals surface area (Å²) < 4.78 is 69.6. The van der Waals surface area contributed by atoms with Crippen LogP contribution in [0, 0.1) is 24.4 Å². The van der Waals surface area contributed by atoms with Gasteiger partial charge in [0.25, 0.3) is 23.5 Å². The molecule has 9 nitrogen and oxygen atoms in total. The van der Waals surface area contributed by atoms with Gasteiger partial charge in [-0.05, 0) is 25.3 Å². The third kappa shape index (κ3) is 4.71. The molecule has 1 fully saturated rings. The third-order valence-corrected chi connectivity index (χ3v) is 6.67. The maximum absolute atomic E-state index is 13.8. The van der Waals surface area contributed by atoms with E-state index in [0.29, 0.717) is 37.2 Å². The number of nitrogens with two attached hydrogens (primary N) is 2. The summed E-state index contributed by atoms with van der Waals surface area (Å²) in [6.45, 7) is 1.71. The fraction of sp³-hybridized carbons (Fsp3) is 0.375. The zero-order valence-electron chi connectivity index (χ0n) is 20.4. The van der Waals surface area contributed by atoms with Crippen LogP contribution < -0.4 is 22.2 Å². The van der Waals surface area contributed by atoms with Gasteiger partial charge in [-0.25, -0.2) is 27.8 Å². The highest BCUT2D eigenvalue weighted by Gasteiger charge is 2.59. The number of nitrogens with zero attached hydrogens (tertiary/aromatic N) is 2. The second-order valence-corrected chi connectivity index (χ2v) is 9.58. The predicted molar refractivity (Wildman–Crippen MR) is 125 cm³/mol. The van der Waals surface area contributed by atoms with E-state index in [1.165, 1.54) is 18.5 Å². The van der Waals surface area contributed by atoms with E-state index in [-0.39, 0.29) is 28.2 Å². The number of benzene rings is 1. The van der Waals surface area contributed by atoms with Gasteiger partial charge in [0.1, 0.15) is 0 Å². The van der Waals surface area contributed by atoms with Crippen molar-refractivity contribution in [1.29, 1.82) is 0 Å². The monoisotopic (exact) mass is 540 g/mol. The minimum absolute atomic E-state index is 0.0119. The van der Waals surface area contributed by atoms with Gasteiger partial charge >= 0.3 is 0 Å². The summed E-state index contributed by atoms with van der Waals surface area (Å²) in [5, 5.41) is 5.63. The SMILES string of the molecule is Cc1c(C(=O)Nc2cc(F)c(F)c(F)c2)c2n(c1C(=O)C(=O)NC1(/C(N)=C/N(C)N)CC(F)(F)C1)CCC2. The van der Waals surface area contributed by atoms with Gasteiger partial charge < -0.3 is 25.9 Å². The number of aromatic nitrogens is 1. The Bertz CT molecular complexity index is 1350. The van der Waals surface area contributed by atoms with Crippen LogP contribution >= 0.6 is 0 Å². The molecule has 0 bridgehead atoms. The third-order valence-electron chi connectivity index (χ3n) is 6.67. The van der Waals surface area contributed by atoms with Crippen LogP contribution in [0.2, 0.25) is 0 Å². The van der Waals surface area contributed by atoms with Crippen molar-refractivity contribution in [3.05, 3.63) is 64.0 Å². The molecule has 204 valence electrons. The first kappa shape index (κ1) is 27.1. The van der Waals surface area contributed by atoms with Crippen molar-refractivity contribution in [3.8, 4) is 0 Å². The summed E-state index contributed by atoms with van der Waals surface area (Å²) in [5.41, 5.74) is 4.13. The average molecular weight is 540 g/mol. The summed E-state index contributed by atoms with van der Waals surface area (Å²) in [6, 6.07) is 1.21. The van der Waals surface area contributed by atoms with Crippen LogP contribution in [0.1, 0.15) is 51.4 Å². The van der Waals surface area contributed by atoms with Gasteiger partial charge in [0.05, 0.1) is 22.5 Å². The molecule has 0 saturated heterocycles. The van der Waals surface area contributed by atoms with E-state index in [1.807, 2.05) is 0 Å². The molecular weight excluding hydrogens is 515 g/mol. The zero-order valence-corrected chi connectivity index (χ0v) is 20.4. The van der Waals surface area contributed by atoms with Gasteiger partial charge in [-0.15, -0.1) is 0 Å². The Morgan fingerprint density at radius 1 is 1.13 bits per heavy atom. The minimum Gasteiger partial charge on any atom is -0.399 e. The first-order chi connectivity index (χ1) is 17.7. The van der Waals surface area contributed by atoms with E-state index in [9.17, 15) is 36.3 Å². The Morgan fingerprint density at radius 3 is 2.29 bits per heavy atom. The van der Waals surface area contributed by atoms with Crippen LogP contribution in [0.15, 0.2) is 24.0 Å². The Balaban J connectivity index is 1.64. The van der Waals surface area contributed by atoms with Crippen LogP contribution in [-0.4, -0.2) is 45.7 Å². The maximum Gasteiger partial charge on any atom is 0.294 e. The molecule has 38 heavy (non-hydrogen) atoms. The number of rotatable bonds is 7. The molecule has 14 heteroatoms. The Labute approximate surface area is 213 Å². The second-order valence-electron chi connectivity index (χ2n) is 9.58. The molecule has 2 aliphatic rings. The minimum atomic E-state index is -3.11. The molecule has 2 aromatic rings. The molecule has 4 rings (SSSR count). The van der Waals surface area contributed by atoms with Gasteiger partial charge in [-0.1, -0.05) is 0 Å². The van der Waals surface area contributed by atoms with Gasteiger partial charge in [0.2, 0.25) is 0 Å². The first-order valence-corrected chi connectivity index (χ1v) is 11.5. The number of carbonyl (C=O) groups is 3. The van der Waals surface area contributed by atoms with E-state index in [2.05, 4.69) is 10.6 Å². The van der Waals surface area contributed by atoms with E-state index < -0.39 is 59.4 Å². The number of halogens is 5. The van der Waals surface area contributed by atoms with Crippen LogP contribution in [0.4, 0.5) is 27.6 Å². The normalized spacial score (nSPS) is 17.4. The molecule has 1 aliphatic heterocycles. The molecule has 2 heterocycles. The van der Waals surface area contributed by atoms with E-state index in [0.717, 1.165) is 11.2 Å². The van der Waals surface area contributed by atoms with E-state index in [1.54, 1.807) is 0 Å². The van der Waals surface area contributed by atoms with Crippen LogP contribution in [0.3, 0.4) is 0 Å². The molecule has 1 aliphatic carbocycles. The number of Topliss-reactive ketones (excluding diaryl/α,β-unsaturated/α-hetero) is 1. The molecule has 1 aromatic heterocycles. The molecule has 6 N–H and O–H groups in total. The summed E-state index contributed by atoms with van der Waals surface area (Å²) in [5.74, 6) is -5.41. The lowest BCUT2D eigenvalue weighted by atomic mass is 9.71. The smallest absolute Gasteiger partial charge is 0.294 e. The lowest BCUT2D eigenvalue weighted by Crippen LogP contribution is -2.65. The molecular formula is C24H25F5N6O3. The molecule has 0 spiro atoms. The highest BCUT2D eigenvalue weighted by atomic mass is 19.3. The summed E-state index contributed by atoms with van der Waals surface area (Å²) in [7, 11) is 1.40.